The minimum absolute atomic E-state index is 0.0110. The number of thiazole rings is 1. The summed E-state index contributed by atoms with van der Waals surface area (Å²) in [5.74, 6) is 0.551. The second-order valence-corrected chi connectivity index (χ2v) is 10.8. The maximum Gasteiger partial charge on any atom is 0.271 e. The van der Waals surface area contributed by atoms with E-state index < -0.39 is 4.92 Å². The number of carbonyl (C=O) groups is 1. The molecule has 0 unspecified atom stereocenters. The van der Waals surface area contributed by atoms with Crippen LogP contribution >= 0.6 is 27.3 Å². The number of anilines is 2. The van der Waals surface area contributed by atoms with E-state index in [-0.39, 0.29) is 18.2 Å². The molecule has 0 aliphatic heterocycles. The number of rotatable bonds is 11. The van der Waals surface area contributed by atoms with Gasteiger partial charge in [0.2, 0.25) is 0 Å². The van der Waals surface area contributed by atoms with Crippen molar-refractivity contribution in [1.82, 2.24) is 10.4 Å². The number of hydrazone groups is 1. The Hall–Kier alpha value is -5.07. The van der Waals surface area contributed by atoms with E-state index in [1.807, 2.05) is 47.8 Å². The van der Waals surface area contributed by atoms with Gasteiger partial charge in [-0.25, -0.2) is 10.4 Å². The number of nitro benzene ring substituents is 1. The molecule has 0 saturated heterocycles. The number of methoxy groups -OCH3 is 1. The number of benzene rings is 4. The standard InChI is InChI=1S/C31H24BrN5O5S/c1-41-28-16-21(15-26(32)29(28)42-18-20-7-13-25(14-8-20)37(39)40)17-33-36-30(38)23-11-9-22(10-12-23)27-19-43-31(35-27)34-24-5-3-2-4-6-24/h2-17,19H,18H2,1H3,(H,34,35)(H,36,38)/b33-17-. The number of carbonyl (C=O) groups excluding carboxylic acids is 1. The summed E-state index contributed by atoms with van der Waals surface area (Å²) < 4.78 is 12.0. The number of non-ortho nitro benzene ring substituents is 1. The Morgan fingerprint density at radius 2 is 1.81 bits per heavy atom. The van der Waals surface area contributed by atoms with Gasteiger partial charge in [-0.3, -0.25) is 14.9 Å². The molecule has 0 aliphatic carbocycles. The van der Waals surface area contributed by atoms with E-state index in [0.717, 1.165) is 27.6 Å². The Labute approximate surface area is 259 Å². The van der Waals surface area contributed by atoms with Crippen molar-refractivity contribution in [1.29, 1.82) is 0 Å². The number of hydrogen-bond acceptors (Lipinski definition) is 9. The van der Waals surface area contributed by atoms with Gasteiger partial charge in [0.25, 0.3) is 11.6 Å². The number of nitro groups is 1. The number of ether oxygens (including phenoxy) is 2. The maximum atomic E-state index is 12.7. The van der Waals surface area contributed by atoms with Gasteiger partial charge in [0, 0.05) is 34.3 Å². The molecule has 0 aliphatic rings. The van der Waals surface area contributed by atoms with Gasteiger partial charge < -0.3 is 14.8 Å². The molecule has 4 aromatic carbocycles. The summed E-state index contributed by atoms with van der Waals surface area (Å²) in [5, 5.41) is 21.0. The second-order valence-electron chi connectivity index (χ2n) is 9.05. The van der Waals surface area contributed by atoms with Crippen molar-refractivity contribution < 1.29 is 19.2 Å². The molecule has 0 fully saturated rings. The Bertz CT molecular complexity index is 1760. The van der Waals surface area contributed by atoms with E-state index in [9.17, 15) is 14.9 Å². The highest BCUT2D eigenvalue weighted by Crippen LogP contribution is 2.37. The average molecular weight is 659 g/mol. The molecule has 0 atom stereocenters. The van der Waals surface area contributed by atoms with Crippen LogP contribution in [0.4, 0.5) is 16.5 Å². The molecule has 0 spiro atoms. The first-order valence-electron chi connectivity index (χ1n) is 12.8. The lowest BCUT2D eigenvalue weighted by Gasteiger charge is -2.13. The number of nitrogens with one attached hydrogen (secondary N) is 2. The molecule has 1 amide bonds. The van der Waals surface area contributed by atoms with Crippen LogP contribution in [0.1, 0.15) is 21.5 Å². The molecule has 0 radical (unpaired) electrons. The van der Waals surface area contributed by atoms with Crippen molar-refractivity contribution in [2.75, 3.05) is 12.4 Å². The highest BCUT2D eigenvalue weighted by atomic mass is 79.9. The van der Waals surface area contributed by atoms with Crippen LogP contribution in [-0.2, 0) is 6.61 Å². The van der Waals surface area contributed by atoms with Gasteiger partial charge in [0.1, 0.15) is 6.61 Å². The number of aromatic nitrogens is 1. The third-order valence-corrected chi connectivity index (χ3v) is 7.48. The molecule has 0 saturated carbocycles. The van der Waals surface area contributed by atoms with Gasteiger partial charge in [-0.05, 0) is 75.6 Å². The fourth-order valence-corrected chi connectivity index (χ4v) is 5.27. The number of halogens is 1. The molecule has 2 N–H and O–H groups in total. The van der Waals surface area contributed by atoms with Crippen molar-refractivity contribution in [3.8, 4) is 22.8 Å². The van der Waals surface area contributed by atoms with Gasteiger partial charge in [-0.15, -0.1) is 11.3 Å². The van der Waals surface area contributed by atoms with Crippen LogP contribution in [0, 0.1) is 10.1 Å². The number of hydrogen-bond donors (Lipinski definition) is 2. The molecular formula is C31H24BrN5O5S. The third kappa shape index (κ3) is 7.61. The van der Waals surface area contributed by atoms with Gasteiger partial charge in [0.15, 0.2) is 16.6 Å². The van der Waals surface area contributed by atoms with Crippen LogP contribution in [0.2, 0.25) is 0 Å². The monoisotopic (exact) mass is 657 g/mol. The molecular weight excluding hydrogens is 634 g/mol. The predicted molar refractivity (Wildman–Crippen MR) is 170 cm³/mol. The van der Waals surface area contributed by atoms with Crippen LogP contribution < -0.4 is 20.2 Å². The van der Waals surface area contributed by atoms with E-state index in [4.69, 9.17) is 9.47 Å². The summed E-state index contributed by atoms with van der Waals surface area (Å²) in [5.41, 5.74) is 7.09. The SMILES string of the molecule is COc1cc(/C=N\NC(=O)c2ccc(-c3csc(Nc4ccccc4)n3)cc2)cc(Br)c1OCc1ccc([N+](=O)[O-])cc1. The van der Waals surface area contributed by atoms with Gasteiger partial charge >= 0.3 is 0 Å². The van der Waals surface area contributed by atoms with Crippen molar-refractivity contribution in [2.24, 2.45) is 5.10 Å². The predicted octanol–water partition coefficient (Wildman–Crippen LogP) is 7.58. The first-order valence-corrected chi connectivity index (χ1v) is 14.5. The largest absolute Gasteiger partial charge is 0.493 e. The molecule has 0 bridgehead atoms. The topological polar surface area (TPSA) is 128 Å². The Balaban J connectivity index is 1.18. The van der Waals surface area contributed by atoms with Crippen LogP contribution in [-0.4, -0.2) is 29.1 Å². The number of nitrogens with zero attached hydrogens (tertiary/aromatic N) is 3. The summed E-state index contributed by atoms with van der Waals surface area (Å²) in [6, 6.07) is 26.6. The molecule has 1 aromatic heterocycles. The average Bonchev–Trinajstić information content (AvgIpc) is 3.49. The molecule has 5 rings (SSSR count). The van der Waals surface area contributed by atoms with Crippen LogP contribution in [0.3, 0.4) is 0 Å². The van der Waals surface area contributed by atoms with E-state index in [2.05, 4.69) is 36.8 Å². The summed E-state index contributed by atoms with van der Waals surface area (Å²) in [4.78, 5) is 27.7. The fourth-order valence-electron chi connectivity index (χ4n) is 3.95. The Morgan fingerprint density at radius 1 is 1.07 bits per heavy atom. The Kier molecular flexibility index (Phi) is 9.39. The van der Waals surface area contributed by atoms with Crippen molar-refractivity contribution in [2.45, 2.75) is 6.61 Å². The number of para-hydroxylation sites is 1. The third-order valence-electron chi connectivity index (χ3n) is 6.13. The fraction of sp³-hybridized carbons (Fsp3) is 0.0645. The normalized spacial score (nSPS) is 10.8. The Morgan fingerprint density at radius 3 is 2.51 bits per heavy atom. The van der Waals surface area contributed by atoms with E-state index in [1.165, 1.54) is 36.8 Å². The maximum absolute atomic E-state index is 12.7. The highest BCUT2D eigenvalue weighted by molar-refractivity contribution is 9.10. The molecule has 10 nitrogen and oxygen atoms in total. The smallest absolute Gasteiger partial charge is 0.271 e. The molecule has 12 heteroatoms. The lowest BCUT2D eigenvalue weighted by atomic mass is 10.1. The van der Waals surface area contributed by atoms with E-state index in [1.54, 1.807) is 36.4 Å². The van der Waals surface area contributed by atoms with Crippen LogP contribution in [0.5, 0.6) is 11.5 Å². The zero-order valence-electron chi connectivity index (χ0n) is 22.7. The highest BCUT2D eigenvalue weighted by Gasteiger charge is 2.13. The second kappa shape index (κ2) is 13.7. The van der Waals surface area contributed by atoms with Crippen molar-refractivity contribution in [3.63, 3.8) is 0 Å². The summed E-state index contributed by atoms with van der Waals surface area (Å²) in [6.45, 7) is 0.184. The minimum atomic E-state index is -0.451. The quantitative estimate of drug-likeness (QED) is 0.0851. The molecule has 1 heterocycles. The lowest BCUT2D eigenvalue weighted by molar-refractivity contribution is -0.384. The molecule has 216 valence electrons. The zero-order chi connectivity index (χ0) is 30.2. The van der Waals surface area contributed by atoms with Crippen molar-refractivity contribution in [3.05, 3.63) is 128 Å². The van der Waals surface area contributed by atoms with Gasteiger partial charge in [-0.1, -0.05) is 30.3 Å². The molecule has 5 aromatic rings. The summed E-state index contributed by atoms with van der Waals surface area (Å²) in [7, 11) is 1.51. The van der Waals surface area contributed by atoms with Crippen LogP contribution in [0.25, 0.3) is 11.3 Å². The lowest BCUT2D eigenvalue weighted by Crippen LogP contribution is -2.17. The zero-order valence-corrected chi connectivity index (χ0v) is 25.1. The summed E-state index contributed by atoms with van der Waals surface area (Å²) in [6.07, 6.45) is 1.50. The van der Waals surface area contributed by atoms with Crippen LogP contribution in [0.15, 0.2) is 106 Å². The van der Waals surface area contributed by atoms with E-state index >= 15 is 0 Å². The van der Waals surface area contributed by atoms with Gasteiger partial charge in [0.05, 0.1) is 28.4 Å². The van der Waals surface area contributed by atoms with Gasteiger partial charge in [-0.2, -0.15) is 5.10 Å². The number of amides is 1. The molecule has 43 heavy (non-hydrogen) atoms. The minimum Gasteiger partial charge on any atom is -0.493 e. The van der Waals surface area contributed by atoms with E-state index in [0.29, 0.717) is 27.1 Å². The van der Waals surface area contributed by atoms with Crippen molar-refractivity contribution >= 4 is 55.9 Å². The summed E-state index contributed by atoms with van der Waals surface area (Å²) >= 11 is 5.00. The first-order chi connectivity index (χ1) is 20.9. The first kappa shape index (κ1) is 29.4.